The van der Waals surface area contributed by atoms with Crippen molar-refractivity contribution in [2.45, 2.75) is 25.8 Å². The van der Waals surface area contributed by atoms with Crippen LogP contribution in [-0.4, -0.2) is 18.1 Å². The zero-order chi connectivity index (χ0) is 17.2. The fourth-order valence-corrected chi connectivity index (χ4v) is 2.31. The molecular weight excluding hydrogens is 321 g/mol. The Balaban J connectivity index is 1.87. The van der Waals surface area contributed by atoms with E-state index < -0.39 is 6.36 Å². The van der Waals surface area contributed by atoms with Gasteiger partial charge in [-0.2, -0.15) is 0 Å². The average molecular weight is 338 g/mol. The maximum Gasteiger partial charge on any atom is 0.573 e. The molecule has 1 aliphatic rings. The summed E-state index contributed by atoms with van der Waals surface area (Å²) in [7, 11) is 0. The van der Waals surface area contributed by atoms with E-state index in [2.05, 4.69) is 4.74 Å². The smallest absolute Gasteiger partial charge is 0.489 e. The molecule has 0 radical (unpaired) electrons. The highest BCUT2D eigenvalue weighted by Crippen LogP contribution is 2.38. The van der Waals surface area contributed by atoms with Gasteiger partial charge in [0.25, 0.3) is 0 Å². The summed E-state index contributed by atoms with van der Waals surface area (Å²) in [4.78, 5) is 0. The van der Waals surface area contributed by atoms with Crippen LogP contribution in [0, 0.1) is 5.92 Å². The van der Waals surface area contributed by atoms with Crippen LogP contribution in [0.2, 0.25) is 0 Å². The fraction of sp³-hybridized carbons (Fsp3) is 0.333. The molecule has 0 saturated heterocycles. The third kappa shape index (κ3) is 4.41. The first-order valence-electron chi connectivity index (χ1n) is 7.67. The minimum Gasteiger partial charge on any atom is -0.489 e. The second-order valence-corrected chi connectivity index (χ2v) is 5.82. The maximum absolute atomic E-state index is 12.7. The molecule has 0 atom stereocenters. The van der Waals surface area contributed by atoms with Crippen LogP contribution < -0.4 is 9.47 Å². The number of aliphatic hydroxyl groups is 1. The Bertz CT molecular complexity index is 692. The van der Waals surface area contributed by atoms with Gasteiger partial charge in [-0.3, -0.25) is 0 Å². The molecule has 3 nitrogen and oxygen atoms in total. The topological polar surface area (TPSA) is 38.7 Å². The van der Waals surface area contributed by atoms with Crippen molar-refractivity contribution in [1.29, 1.82) is 0 Å². The number of alkyl halides is 3. The molecule has 1 N–H and O–H groups in total. The number of rotatable bonds is 6. The van der Waals surface area contributed by atoms with Crippen LogP contribution in [-0.2, 0) is 6.61 Å². The van der Waals surface area contributed by atoms with Gasteiger partial charge in [0.2, 0.25) is 0 Å². The largest absolute Gasteiger partial charge is 0.573 e. The van der Waals surface area contributed by atoms with Crippen LogP contribution in [0.15, 0.2) is 42.5 Å². The van der Waals surface area contributed by atoms with Crippen molar-refractivity contribution in [2.75, 3.05) is 6.61 Å². The number of hydrogen-bond acceptors (Lipinski definition) is 3. The summed E-state index contributed by atoms with van der Waals surface area (Å²) in [5.41, 5.74) is 2.04. The monoisotopic (exact) mass is 338 g/mol. The van der Waals surface area contributed by atoms with Gasteiger partial charge in [0.1, 0.15) is 0 Å². The van der Waals surface area contributed by atoms with Crippen molar-refractivity contribution in [3.63, 3.8) is 0 Å². The molecule has 0 amide bonds. The summed E-state index contributed by atoms with van der Waals surface area (Å²) in [6, 6.07) is 11.4. The van der Waals surface area contributed by atoms with Crippen molar-refractivity contribution in [1.82, 2.24) is 0 Å². The van der Waals surface area contributed by atoms with Gasteiger partial charge in [-0.25, -0.2) is 0 Å². The first-order chi connectivity index (χ1) is 11.4. The number of hydrogen-bond donors (Lipinski definition) is 1. The number of halogens is 3. The van der Waals surface area contributed by atoms with E-state index in [1.165, 1.54) is 12.1 Å². The normalized spacial score (nSPS) is 14.5. The van der Waals surface area contributed by atoms with Crippen molar-refractivity contribution in [2.24, 2.45) is 5.92 Å². The van der Waals surface area contributed by atoms with Gasteiger partial charge in [-0.15, -0.1) is 13.2 Å². The lowest BCUT2D eigenvalue weighted by Gasteiger charge is -2.15. The lowest BCUT2D eigenvalue weighted by atomic mass is 10.0. The van der Waals surface area contributed by atoms with Gasteiger partial charge in [0.15, 0.2) is 11.5 Å². The number of ether oxygens (including phenoxy) is 2. The van der Waals surface area contributed by atoms with Crippen LogP contribution in [0.5, 0.6) is 11.5 Å². The lowest BCUT2D eigenvalue weighted by Crippen LogP contribution is -2.18. The van der Waals surface area contributed by atoms with Gasteiger partial charge in [-0.05, 0) is 47.6 Å². The van der Waals surface area contributed by atoms with E-state index in [1.54, 1.807) is 30.3 Å². The predicted molar refractivity (Wildman–Crippen MR) is 82.7 cm³/mol. The number of benzene rings is 2. The minimum absolute atomic E-state index is 0.0866. The van der Waals surface area contributed by atoms with Crippen molar-refractivity contribution in [3.8, 4) is 22.6 Å². The van der Waals surface area contributed by atoms with E-state index in [9.17, 15) is 13.2 Å². The van der Waals surface area contributed by atoms with Gasteiger partial charge in [0.05, 0.1) is 13.2 Å². The van der Waals surface area contributed by atoms with E-state index in [0.29, 0.717) is 18.1 Å². The molecule has 1 fully saturated rings. The third-order valence-corrected chi connectivity index (χ3v) is 3.81. The van der Waals surface area contributed by atoms with E-state index in [1.807, 2.05) is 0 Å². The van der Waals surface area contributed by atoms with Crippen LogP contribution in [0.25, 0.3) is 11.1 Å². The van der Waals surface area contributed by atoms with Gasteiger partial charge >= 0.3 is 6.36 Å². The molecule has 0 aromatic heterocycles. The molecule has 2 aromatic rings. The molecule has 2 aromatic carbocycles. The molecule has 0 bridgehead atoms. The Morgan fingerprint density at radius 2 is 1.62 bits per heavy atom. The zero-order valence-corrected chi connectivity index (χ0v) is 12.8. The van der Waals surface area contributed by atoms with Crippen molar-refractivity contribution >= 4 is 0 Å². The molecule has 0 aliphatic heterocycles. The summed E-state index contributed by atoms with van der Waals surface area (Å²) in [5, 5.41) is 9.05. The Labute approximate surface area is 137 Å². The molecule has 128 valence electrons. The van der Waals surface area contributed by atoms with Crippen LogP contribution in [0.3, 0.4) is 0 Å². The summed E-state index contributed by atoms with van der Waals surface area (Å²) < 4.78 is 47.6. The van der Waals surface area contributed by atoms with Crippen LogP contribution in [0.4, 0.5) is 13.2 Å². The Kier molecular flexibility index (Phi) is 4.66. The first-order valence-corrected chi connectivity index (χ1v) is 7.67. The summed E-state index contributed by atoms with van der Waals surface area (Å²) in [6.45, 7) is 0.315. The van der Waals surface area contributed by atoms with E-state index in [4.69, 9.17) is 9.84 Å². The van der Waals surface area contributed by atoms with Gasteiger partial charge in [0, 0.05) is 0 Å². The van der Waals surface area contributed by atoms with E-state index in [0.717, 1.165) is 24.0 Å². The molecule has 3 rings (SSSR count). The van der Waals surface area contributed by atoms with Gasteiger partial charge < -0.3 is 14.6 Å². The molecular formula is C18H17F3O3. The van der Waals surface area contributed by atoms with Gasteiger partial charge in [-0.1, -0.05) is 30.3 Å². The molecule has 0 heterocycles. The maximum atomic E-state index is 12.7. The van der Waals surface area contributed by atoms with E-state index in [-0.39, 0.29) is 18.1 Å². The zero-order valence-electron chi connectivity index (χ0n) is 12.8. The highest BCUT2D eigenvalue weighted by atomic mass is 19.4. The third-order valence-electron chi connectivity index (χ3n) is 3.81. The minimum atomic E-state index is -4.78. The molecule has 1 aliphatic carbocycles. The molecule has 1 saturated carbocycles. The number of aliphatic hydroxyl groups excluding tert-OH is 1. The summed E-state index contributed by atoms with van der Waals surface area (Å²) >= 11 is 0. The van der Waals surface area contributed by atoms with Crippen LogP contribution >= 0.6 is 0 Å². The Morgan fingerprint density at radius 1 is 0.958 bits per heavy atom. The Hall–Kier alpha value is -2.21. The Morgan fingerprint density at radius 3 is 2.21 bits per heavy atom. The predicted octanol–water partition coefficient (Wildman–Crippen LogP) is 4.53. The van der Waals surface area contributed by atoms with E-state index >= 15 is 0 Å². The highest BCUT2D eigenvalue weighted by Gasteiger charge is 2.33. The summed E-state index contributed by atoms with van der Waals surface area (Å²) in [6.07, 6.45) is -2.69. The lowest BCUT2D eigenvalue weighted by molar-refractivity contribution is -0.275. The SMILES string of the molecule is OCc1ccc(-c2ccc(OCC3CC3)c(OC(F)(F)F)c2)cc1. The molecule has 6 heteroatoms. The van der Waals surface area contributed by atoms with Crippen molar-refractivity contribution < 1.29 is 27.8 Å². The highest BCUT2D eigenvalue weighted by molar-refractivity contribution is 5.67. The molecule has 0 spiro atoms. The average Bonchev–Trinajstić information content (AvgIpc) is 3.36. The first kappa shape index (κ1) is 16.6. The second-order valence-electron chi connectivity index (χ2n) is 5.82. The molecule has 24 heavy (non-hydrogen) atoms. The summed E-state index contributed by atoms with van der Waals surface area (Å²) in [5.74, 6) is 0.177. The fourth-order valence-electron chi connectivity index (χ4n) is 2.31. The standard InChI is InChI=1S/C18H17F3O3/c19-18(20,21)24-17-9-15(14-5-3-12(10-22)4-6-14)7-8-16(17)23-11-13-1-2-13/h3-9,13,22H,1-2,10-11H2. The second kappa shape index (κ2) is 6.73. The van der Waals surface area contributed by atoms with Crippen LogP contribution in [0.1, 0.15) is 18.4 Å². The molecule has 0 unspecified atom stereocenters. The van der Waals surface area contributed by atoms with Crippen molar-refractivity contribution in [3.05, 3.63) is 48.0 Å². The quantitative estimate of drug-likeness (QED) is 0.841.